The Hall–Kier alpha value is -3.93. The standard InChI is InChI=1S/C77H132O6/c1-4-7-10-13-16-19-22-24-26-28-30-32-34-36-37-38-39-41-42-44-46-48-50-52-55-58-61-64-67-70-76(79)82-73-74(72-81-75(78)69-66-63-60-57-54-21-18-15-12-9-6-3)83-77(80)71-68-65-62-59-56-53-51-49-47-45-43-40-35-33-31-29-27-25-23-20-17-14-11-8-5-2/h8,11,17,20,22,24-25,27-28,30-31,33,40,43,47,49,53,56,74H,4-7,9-10,12-16,18-19,21,23,26,29,32,34-39,41-42,44-46,48,50-52,54-55,57-73H2,1-3H3/b11-8-,20-17-,24-22-,27-25-,30-28-,33-31-,43-40-,49-47-,56-53-. The molecule has 0 saturated heterocycles. The third-order valence-corrected chi connectivity index (χ3v) is 15.3. The summed E-state index contributed by atoms with van der Waals surface area (Å²) in [5.74, 6) is -0.910. The quantitative estimate of drug-likeness (QED) is 0.0261. The van der Waals surface area contributed by atoms with E-state index in [1.165, 1.54) is 186 Å². The molecule has 0 radical (unpaired) electrons. The molecule has 0 aromatic carbocycles. The van der Waals surface area contributed by atoms with E-state index in [0.717, 1.165) is 116 Å². The lowest BCUT2D eigenvalue weighted by Crippen LogP contribution is -2.30. The van der Waals surface area contributed by atoms with Crippen molar-refractivity contribution in [2.24, 2.45) is 0 Å². The first-order valence-electron chi connectivity index (χ1n) is 35.4. The van der Waals surface area contributed by atoms with Crippen molar-refractivity contribution in [1.82, 2.24) is 0 Å². The molecule has 0 aliphatic rings. The van der Waals surface area contributed by atoms with Gasteiger partial charge >= 0.3 is 17.9 Å². The first-order valence-corrected chi connectivity index (χ1v) is 35.4. The Morgan fingerprint density at radius 1 is 0.253 bits per heavy atom. The van der Waals surface area contributed by atoms with E-state index in [9.17, 15) is 14.4 Å². The first-order chi connectivity index (χ1) is 41.0. The minimum atomic E-state index is -0.796. The average molecular weight is 1150 g/mol. The van der Waals surface area contributed by atoms with Crippen molar-refractivity contribution in [3.8, 4) is 0 Å². The van der Waals surface area contributed by atoms with Crippen LogP contribution in [-0.2, 0) is 28.6 Å². The fourth-order valence-corrected chi connectivity index (χ4v) is 9.99. The fourth-order valence-electron chi connectivity index (χ4n) is 9.99. The molecule has 0 fully saturated rings. The van der Waals surface area contributed by atoms with Crippen LogP contribution in [0.2, 0.25) is 0 Å². The predicted octanol–water partition coefficient (Wildman–Crippen LogP) is 24.6. The molecule has 83 heavy (non-hydrogen) atoms. The molecule has 0 aliphatic carbocycles. The predicted molar refractivity (Wildman–Crippen MR) is 362 cm³/mol. The van der Waals surface area contributed by atoms with Gasteiger partial charge in [0.1, 0.15) is 13.2 Å². The first kappa shape index (κ1) is 79.1. The molecular weight excluding hydrogens is 1020 g/mol. The minimum absolute atomic E-state index is 0.0890. The maximum atomic E-state index is 12.9. The van der Waals surface area contributed by atoms with Crippen LogP contribution in [0.3, 0.4) is 0 Å². The average Bonchev–Trinajstić information content (AvgIpc) is 3.48. The number of unbranched alkanes of at least 4 members (excludes halogenated alkanes) is 35. The highest BCUT2D eigenvalue weighted by Crippen LogP contribution is 2.17. The maximum Gasteiger partial charge on any atom is 0.306 e. The summed E-state index contributed by atoms with van der Waals surface area (Å²) in [6.07, 6.45) is 96.9. The SMILES string of the molecule is CC/C=C\C/C=C\C/C=C\C/C=C\C/C=C\C/C=C\C/C=C\CCCCCC(=O)OC(COC(=O)CCCCCCCCCCCCC)COC(=O)CCCCCCCCCCCCCCCCCCC/C=C\C/C=C\CCCCCCC. The third kappa shape index (κ3) is 68.7. The lowest BCUT2D eigenvalue weighted by Gasteiger charge is -2.18. The molecule has 476 valence electrons. The van der Waals surface area contributed by atoms with Crippen LogP contribution >= 0.6 is 0 Å². The number of esters is 3. The molecule has 0 spiro atoms. The Bertz CT molecular complexity index is 1660. The smallest absolute Gasteiger partial charge is 0.306 e. The minimum Gasteiger partial charge on any atom is -0.462 e. The highest BCUT2D eigenvalue weighted by atomic mass is 16.6. The zero-order chi connectivity index (χ0) is 59.9. The Morgan fingerprint density at radius 2 is 0.470 bits per heavy atom. The molecule has 0 aliphatic heterocycles. The van der Waals surface area contributed by atoms with Crippen molar-refractivity contribution in [2.75, 3.05) is 13.2 Å². The van der Waals surface area contributed by atoms with E-state index in [4.69, 9.17) is 14.2 Å². The second-order valence-corrected chi connectivity index (χ2v) is 23.4. The second kappa shape index (κ2) is 70.6. The van der Waals surface area contributed by atoms with E-state index in [-0.39, 0.29) is 37.5 Å². The number of hydrogen-bond acceptors (Lipinski definition) is 6. The highest BCUT2D eigenvalue weighted by molar-refractivity contribution is 5.71. The van der Waals surface area contributed by atoms with Gasteiger partial charge in [-0.2, -0.15) is 0 Å². The van der Waals surface area contributed by atoms with Crippen molar-refractivity contribution in [1.29, 1.82) is 0 Å². The molecular formula is C77H132O6. The number of rotatable bonds is 64. The summed E-state index contributed by atoms with van der Waals surface area (Å²) >= 11 is 0. The van der Waals surface area contributed by atoms with Gasteiger partial charge in [0.2, 0.25) is 0 Å². The maximum absolute atomic E-state index is 12.9. The molecule has 0 aromatic heterocycles. The normalized spacial score (nSPS) is 12.8. The Kier molecular flexibility index (Phi) is 67.2. The molecule has 0 bridgehead atoms. The van der Waals surface area contributed by atoms with Gasteiger partial charge in [-0.3, -0.25) is 14.4 Å². The van der Waals surface area contributed by atoms with Crippen LogP contribution in [-0.4, -0.2) is 37.2 Å². The summed E-state index contributed by atoms with van der Waals surface area (Å²) in [6, 6.07) is 0. The van der Waals surface area contributed by atoms with Crippen LogP contribution < -0.4 is 0 Å². The van der Waals surface area contributed by atoms with Crippen LogP contribution in [0.5, 0.6) is 0 Å². The summed E-state index contributed by atoms with van der Waals surface area (Å²) in [4.78, 5) is 38.4. The van der Waals surface area contributed by atoms with Crippen molar-refractivity contribution < 1.29 is 28.6 Å². The highest BCUT2D eigenvalue weighted by Gasteiger charge is 2.19. The van der Waals surface area contributed by atoms with Gasteiger partial charge in [0.25, 0.3) is 0 Å². The molecule has 6 heteroatoms. The molecule has 0 aromatic rings. The third-order valence-electron chi connectivity index (χ3n) is 15.3. The Morgan fingerprint density at radius 3 is 0.747 bits per heavy atom. The summed E-state index contributed by atoms with van der Waals surface area (Å²) in [6.45, 7) is 6.52. The molecule has 1 atom stereocenters. The van der Waals surface area contributed by atoms with Gasteiger partial charge in [0, 0.05) is 19.3 Å². The van der Waals surface area contributed by atoms with Gasteiger partial charge in [0.15, 0.2) is 6.10 Å². The van der Waals surface area contributed by atoms with Crippen molar-refractivity contribution in [2.45, 2.75) is 348 Å². The van der Waals surface area contributed by atoms with E-state index in [0.29, 0.717) is 12.8 Å². The van der Waals surface area contributed by atoms with Crippen LogP contribution in [0, 0.1) is 0 Å². The number of allylic oxidation sites excluding steroid dienone is 18. The van der Waals surface area contributed by atoms with E-state index in [2.05, 4.69) is 130 Å². The zero-order valence-electron chi connectivity index (χ0n) is 54.7. The number of ether oxygens (including phenoxy) is 3. The van der Waals surface area contributed by atoms with E-state index in [1.807, 2.05) is 0 Å². The molecule has 0 heterocycles. The van der Waals surface area contributed by atoms with Gasteiger partial charge < -0.3 is 14.2 Å². The zero-order valence-corrected chi connectivity index (χ0v) is 54.7. The van der Waals surface area contributed by atoms with E-state index in [1.54, 1.807) is 0 Å². The molecule has 0 N–H and O–H groups in total. The number of hydrogen-bond donors (Lipinski definition) is 0. The van der Waals surface area contributed by atoms with Crippen molar-refractivity contribution >= 4 is 17.9 Å². The van der Waals surface area contributed by atoms with E-state index >= 15 is 0 Å². The van der Waals surface area contributed by atoms with Gasteiger partial charge in [0.05, 0.1) is 0 Å². The lowest BCUT2D eigenvalue weighted by atomic mass is 10.0. The van der Waals surface area contributed by atoms with Crippen molar-refractivity contribution in [3.05, 3.63) is 109 Å². The number of carbonyl (C=O) groups is 3. The molecule has 0 rings (SSSR count). The number of carbonyl (C=O) groups excluding carboxylic acids is 3. The van der Waals surface area contributed by atoms with Crippen LogP contribution in [0.4, 0.5) is 0 Å². The second-order valence-electron chi connectivity index (χ2n) is 23.4. The fraction of sp³-hybridized carbons (Fsp3) is 0.727. The lowest BCUT2D eigenvalue weighted by molar-refractivity contribution is -0.167. The van der Waals surface area contributed by atoms with Gasteiger partial charge in [-0.1, -0.05) is 323 Å². The monoisotopic (exact) mass is 1150 g/mol. The summed E-state index contributed by atoms with van der Waals surface area (Å²) in [5, 5.41) is 0. The molecule has 6 nitrogen and oxygen atoms in total. The largest absolute Gasteiger partial charge is 0.462 e. The Labute approximate surface area is 514 Å². The van der Waals surface area contributed by atoms with Crippen LogP contribution in [0.1, 0.15) is 342 Å². The van der Waals surface area contributed by atoms with Gasteiger partial charge in [-0.25, -0.2) is 0 Å². The summed E-state index contributed by atoms with van der Waals surface area (Å²) in [5.41, 5.74) is 0. The van der Waals surface area contributed by atoms with Crippen LogP contribution in [0.25, 0.3) is 0 Å². The summed E-state index contributed by atoms with van der Waals surface area (Å²) < 4.78 is 16.9. The van der Waals surface area contributed by atoms with Gasteiger partial charge in [-0.05, 0) is 109 Å². The topological polar surface area (TPSA) is 78.9 Å². The van der Waals surface area contributed by atoms with E-state index < -0.39 is 6.10 Å². The molecule has 0 amide bonds. The van der Waals surface area contributed by atoms with Crippen LogP contribution in [0.15, 0.2) is 109 Å². The molecule has 0 saturated carbocycles. The summed E-state index contributed by atoms with van der Waals surface area (Å²) in [7, 11) is 0. The molecule has 1 unspecified atom stereocenters. The van der Waals surface area contributed by atoms with Gasteiger partial charge in [-0.15, -0.1) is 0 Å². The van der Waals surface area contributed by atoms with Crippen molar-refractivity contribution in [3.63, 3.8) is 0 Å². The Balaban J connectivity index is 4.27.